The summed E-state index contributed by atoms with van der Waals surface area (Å²) in [6.45, 7) is 0.258. The Balaban J connectivity index is 1.70. The van der Waals surface area contributed by atoms with Crippen LogP contribution in [0, 0.1) is 0 Å². The van der Waals surface area contributed by atoms with Gasteiger partial charge >= 0.3 is 0 Å². The smallest absolute Gasteiger partial charge is 0.255 e. The molecule has 0 saturated heterocycles. The van der Waals surface area contributed by atoms with Gasteiger partial charge in [0, 0.05) is 6.07 Å². The van der Waals surface area contributed by atoms with E-state index in [1.165, 1.54) is 14.2 Å². The third-order valence-corrected chi connectivity index (χ3v) is 4.29. The van der Waals surface area contributed by atoms with Gasteiger partial charge in [0.1, 0.15) is 5.69 Å². The van der Waals surface area contributed by atoms with Gasteiger partial charge in [-0.15, -0.1) is 11.3 Å². The van der Waals surface area contributed by atoms with E-state index in [2.05, 4.69) is 10.5 Å². The van der Waals surface area contributed by atoms with E-state index in [4.69, 9.17) is 14.0 Å². The molecule has 7 heteroatoms. The summed E-state index contributed by atoms with van der Waals surface area (Å²) in [5.74, 6) is 1.32. The third kappa shape index (κ3) is 3.26. The fourth-order valence-electron chi connectivity index (χ4n) is 2.26. The van der Waals surface area contributed by atoms with Crippen molar-refractivity contribution in [3.63, 3.8) is 0 Å². The van der Waals surface area contributed by atoms with E-state index in [-0.39, 0.29) is 12.5 Å². The molecule has 3 aromatic rings. The number of benzene rings is 1. The zero-order chi connectivity index (χ0) is 16.9. The average Bonchev–Trinajstić information content (AvgIpc) is 3.29. The van der Waals surface area contributed by atoms with Crippen LogP contribution in [0.5, 0.6) is 11.5 Å². The number of nitrogens with one attached hydrogen (secondary N) is 1. The summed E-state index contributed by atoms with van der Waals surface area (Å²) in [6, 6.07) is 10.9. The fourth-order valence-corrected chi connectivity index (χ4v) is 2.94. The van der Waals surface area contributed by atoms with E-state index in [1.54, 1.807) is 29.5 Å². The van der Waals surface area contributed by atoms with Gasteiger partial charge in [-0.1, -0.05) is 17.3 Å². The van der Waals surface area contributed by atoms with E-state index in [0.717, 1.165) is 4.88 Å². The maximum atomic E-state index is 12.4. The average molecular weight is 344 g/mol. The Morgan fingerprint density at radius 3 is 2.83 bits per heavy atom. The number of hydrogen-bond acceptors (Lipinski definition) is 6. The summed E-state index contributed by atoms with van der Waals surface area (Å²) >= 11 is 1.57. The number of carbonyl (C=O) groups is 1. The molecule has 0 bridgehead atoms. The molecule has 0 atom stereocenters. The van der Waals surface area contributed by atoms with Crippen LogP contribution in [-0.4, -0.2) is 25.3 Å². The van der Waals surface area contributed by atoms with Gasteiger partial charge in [0.15, 0.2) is 17.3 Å². The standard InChI is InChI=1S/C17H16N2O4S/c1-21-13-6-3-5-12(16(13)22-2)17(20)18-10-11-9-14(23-19-11)15-7-4-8-24-15/h3-9H,10H2,1-2H3,(H,18,20). The highest BCUT2D eigenvalue weighted by Crippen LogP contribution is 2.30. The minimum absolute atomic E-state index is 0.258. The van der Waals surface area contributed by atoms with Gasteiger partial charge in [-0.2, -0.15) is 0 Å². The molecule has 0 radical (unpaired) electrons. The number of aromatic nitrogens is 1. The molecule has 2 heterocycles. The number of rotatable bonds is 6. The first-order chi connectivity index (χ1) is 11.7. The highest BCUT2D eigenvalue weighted by molar-refractivity contribution is 7.13. The van der Waals surface area contributed by atoms with Crippen LogP contribution in [0.2, 0.25) is 0 Å². The predicted molar refractivity (Wildman–Crippen MR) is 90.5 cm³/mol. The number of thiophene rings is 1. The van der Waals surface area contributed by atoms with Gasteiger partial charge in [-0.3, -0.25) is 4.79 Å². The van der Waals surface area contributed by atoms with Gasteiger partial charge in [-0.05, 0) is 23.6 Å². The van der Waals surface area contributed by atoms with Gasteiger partial charge in [0.25, 0.3) is 5.91 Å². The lowest BCUT2D eigenvalue weighted by Gasteiger charge is -2.12. The van der Waals surface area contributed by atoms with Crippen molar-refractivity contribution in [3.05, 3.63) is 53.0 Å². The van der Waals surface area contributed by atoms with Crippen LogP contribution >= 0.6 is 11.3 Å². The van der Waals surface area contributed by atoms with Crippen LogP contribution in [0.25, 0.3) is 10.6 Å². The first-order valence-electron chi connectivity index (χ1n) is 7.21. The predicted octanol–water partition coefficient (Wildman–Crippen LogP) is 3.35. The van der Waals surface area contributed by atoms with Crippen molar-refractivity contribution in [1.29, 1.82) is 0 Å². The molecule has 0 fully saturated rings. The molecule has 0 spiro atoms. The number of amides is 1. The summed E-state index contributed by atoms with van der Waals surface area (Å²) in [6.07, 6.45) is 0. The molecule has 6 nitrogen and oxygen atoms in total. The van der Waals surface area contributed by atoms with E-state index in [1.807, 2.05) is 23.6 Å². The molecule has 24 heavy (non-hydrogen) atoms. The molecular weight excluding hydrogens is 328 g/mol. The second-order valence-corrected chi connectivity index (χ2v) is 5.83. The lowest BCUT2D eigenvalue weighted by Crippen LogP contribution is -2.23. The number of methoxy groups -OCH3 is 2. The number of nitrogens with zero attached hydrogens (tertiary/aromatic N) is 1. The van der Waals surface area contributed by atoms with Gasteiger partial charge in [0.05, 0.1) is 31.2 Å². The fraction of sp³-hybridized carbons (Fsp3) is 0.176. The first-order valence-corrected chi connectivity index (χ1v) is 8.09. The van der Waals surface area contributed by atoms with E-state index < -0.39 is 0 Å². The van der Waals surface area contributed by atoms with Crippen molar-refractivity contribution in [3.8, 4) is 22.1 Å². The Hall–Kier alpha value is -2.80. The lowest BCUT2D eigenvalue weighted by atomic mass is 10.1. The molecule has 3 rings (SSSR count). The molecule has 0 aliphatic heterocycles. The molecule has 1 aromatic carbocycles. The summed E-state index contributed by atoms with van der Waals surface area (Å²) in [4.78, 5) is 13.4. The van der Waals surface area contributed by atoms with Crippen LogP contribution in [0.3, 0.4) is 0 Å². The zero-order valence-corrected chi connectivity index (χ0v) is 14.1. The molecule has 0 aliphatic rings. The number of para-hydroxylation sites is 1. The van der Waals surface area contributed by atoms with Crippen molar-refractivity contribution in [2.45, 2.75) is 6.54 Å². The van der Waals surface area contributed by atoms with Crippen molar-refractivity contribution in [2.75, 3.05) is 14.2 Å². The van der Waals surface area contributed by atoms with Crippen molar-refractivity contribution >= 4 is 17.2 Å². The molecule has 0 unspecified atom stereocenters. The van der Waals surface area contributed by atoms with Crippen molar-refractivity contribution in [2.24, 2.45) is 0 Å². The van der Waals surface area contributed by atoms with Crippen molar-refractivity contribution < 1.29 is 18.8 Å². The normalized spacial score (nSPS) is 10.4. The maximum absolute atomic E-state index is 12.4. The summed E-state index contributed by atoms with van der Waals surface area (Å²) in [5.41, 5.74) is 1.05. The minimum atomic E-state index is -0.272. The zero-order valence-electron chi connectivity index (χ0n) is 13.2. The van der Waals surface area contributed by atoms with E-state index >= 15 is 0 Å². The molecule has 2 aromatic heterocycles. The van der Waals surface area contributed by atoms with Gasteiger partial charge in [0.2, 0.25) is 0 Å². The highest BCUT2D eigenvalue weighted by Gasteiger charge is 2.16. The quantitative estimate of drug-likeness (QED) is 0.742. The Morgan fingerprint density at radius 1 is 1.25 bits per heavy atom. The highest BCUT2D eigenvalue weighted by atomic mass is 32.1. The van der Waals surface area contributed by atoms with Crippen LogP contribution < -0.4 is 14.8 Å². The van der Waals surface area contributed by atoms with E-state index in [9.17, 15) is 4.79 Å². The molecule has 124 valence electrons. The monoisotopic (exact) mass is 344 g/mol. The summed E-state index contributed by atoms with van der Waals surface area (Å²) < 4.78 is 15.8. The summed E-state index contributed by atoms with van der Waals surface area (Å²) in [7, 11) is 3.03. The Labute approximate surface area is 143 Å². The lowest BCUT2D eigenvalue weighted by molar-refractivity contribution is 0.0946. The van der Waals surface area contributed by atoms with Crippen LogP contribution in [0.4, 0.5) is 0 Å². The minimum Gasteiger partial charge on any atom is -0.493 e. The van der Waals surface area contributed by atoms with Gasteiger partial charge in [-0.25, -0.2) is 0 Å². The maximum Gasteiger partial charge on any atom is 0.255 e. The Morgan fingerprint density at radius 2 is 2.12 bits per heavy atom. The molecule has 0 aliphatic carbocycles. The number of hydrogen-bond donors (Lipinski definition) is 1. The second kappa shape index (κ2) is 7.18. The van der Waals surface area contributed by atoms with Crippen LogP contribution in [0.15, 0.2) is 46.3 Å². The first kappa shape index (κ1) is 16.1. The molecule has 0 saturated carbocycles. The summed E-state index contributed by atoms with van der Waals surface area (Å²) in [5, 5.41) is 8.75. The van der Waals surface area contributed by atoms with E-state index in [0.29, 0.717) is 28.5 Å². The SMILES string of the molecule is COc1cccc(C(=O)NCc2cc(-c3cccs3)on2)c1OC. The number of ether oxygens (including phenoxy) is 2. The van der Waals surface area contributed by atoms with Crippen LogP contribution in [-0.2, 0) is 6.54 Å². The third-order valence-electron chi connectivity index (χ3n) is 3.40. The van der Waals surface area contributed by atoms with Crippen LogP contribution in [0.1, 0.15) is 16.1 Å². The molecule has 1 N–H and O–H groups in total. The molecular formula is C17H16N2O4S. The largest absolute Gasteiger partial charge is 0.493 e. The topological polar surface area (TPSA) is 73.6 Å². The van der Waals surface area contributed by atoms with Crippen molar-refractivity contribution in [1.82, 2.24) is 10.5 Å². The Bertz CT molecular complexity index is 827. The van der Waals surface area contributed by atoms with Gasteiger partial charge < -0.3 is 19.3 Å². The Kier molecular flexibility index (Phi) is 4.81. The molecule has 1 amide bonds. The number of carbonyl (C=O) groups excluding carboxylic acids is 1. The second-order valence-electron chi connectivity index (χ2n) is 4.88.